The number of nitrogens with one attached hydrogen (secondary N) is 2. The van der Waals surface area contributed by atoms with Gasteiger partial charge in [0.05, 0.1) is 12.4 Å². The Morgan fingerprint density at radius 1 is 1.40 bits per heavy atom. The first-order valence-electron chi connectivity index (χ1n) is 8.84. The highest BCUT2D eigenvalue weighted by molar-refractivity contribution is 5.73. The van der Waals surface area contributed by atoms with E-state index < -0.39 is 0 Å². The fourth-order valence-corrected chi connectivity index (χ4v) is 3.32. The Labute approximate surface area is 148 Å². The van der Waals surface area contributed by atoms with Gasteiger partial charge in [-0.2, -0.15) is 0 Å². The zero-order valence-electron chi connectivity index (χ0n) is 14.8. The van der Waals surface area contributed by atoms with Crippen LogP contribution in [0.15, 0.2) is 43.0 Å². The molecule has 1 aromatic heterocycles. The van der Waals surface area contributed by atoms with E-state index in [9.17, 15) is 4.79 Å². The van der Waals surface area contributed by atoms with Crippen LogP contribution in [0.3, 0.4) is 0 Å². The molecule has 2 N–H and O–H groups in total. The molecule has 1 fully saturated rings. The van der Waals surface area contributed by atoms with E-state index >= 15 is 0 Å². The summed E-state index contributed by atoms with van der Waals surface area (Å²) in [4.78, 5) is 16.1. The van der Waals surface area contributed by atoms with Crippen LogP contribution in [0.5, 0.6) is 0 Å². The summed E-state index contributed by atoms with van der Waals surface area (Å²) in [6.45, 7) is 6.26. The largest absolute Gasteiger partial charge is 0.378 e. The van der Waals surface area contributed by atoms with Gasteiger partial charge in [0.2, 0.25) is 0 Å². The van der Waals surface area contributed by atoms with Crippen molar-refractivity contribution in [2.45, 2.75) is 32.9 Å². The molecule has 0 saturated carbocycles. The van der Waals surface area contributed by atoms with Gasteiger partial charge in [0, 0.05) is 43.7 Å². The molecule has 1 aliphatic rings. The van der Waals surface area contributed by atoms with E-state index in [1.54, 1.807) is 12.5 Å². The predicted octanol–water partition coefficient (Wildman–Crippen LogP) is 2.73. The van der Waals surface area contributed by atoms with Gasteiger partial charge in [-0.3, -0.25) is 0 Å². The van der Waals surface area contributed by atoms with Crippen LogP contribution in [-0.2, 0) is 11.3 Å². The molecule has 25 heavy (non-hydrogen) atoms. The lowest BCUT2D eigenvalue weighted by Crippen LogP contribution is -2.40. The molecule has 2 unspecified atom stereocenters. The van der Waals surface area contributed by atoms with Gasteiger partial charge in [0.15, 0.2) is 0 Å². The standard InChI is InChI=1S/C19H26N4O2/c1-14(2)18-16(6-9-25-18)12-22-19(24)21-11-15-4-3-5-17(10-15)23-8-7-20-13-23/h3-5,7-8,10,13-14,16,18H,6,9,11-12H2,1-2H3,(H2,21,22,24). The molecule has 1 aliphatic heterocycles. The fourth-order valence-electron chi connectivity index (χ4n) is 3.32. The number of rotatable bonds is 6. The molecular formula is C19H26N4O2. The number of nitrogens with zero attached hydrogens (tertiary/aromatic N) is 2. The van der Waals surface area contributed by atoms with E-state index in [-0.39, 0.29) is 12.1 Å². The van der Waals surface area contributed by atoms with Crippen LogP contribution < -0.4 is 10.6 Å². The molecule has 6 heteroatoms. The van der Waals surface area contributed by atoms with Crippen molar-refractivity contribution >= 4 is 6.03 Å². The minimum absolute atomic E-state index is 0.137. The quantitative estimate of drug-likeness (QED) is 0.848. The van der Waals surface area contributed by atoms with Gasteiger partial charge >= 0.3 is 6.03 Å². The van der Waals surface area contributed by atoms with Crippen molar-refractivity contribution in [2.75, 3.05) is 13.2 Å². The van der Waals surface area contributed by atoms with Gasteiger partial charge in [0.25, 0.3) is 0 Å². The summed E-state index contributed by atoms with van der Waals surface area (Å²) in [6, 6.07) is 7.90. The zero-order valence-corrected chi connectivity index (χ0v) is 14.8. The van der Waals surface area contributed by atoms with Crippen molar-refractivity contribution in [3.63, 3.8) is 0 Å². The molecule has 2 atom stereocenters. The second-order valence-electron chi connectivity index (χ2n) is 6.83. The molecule has 0 spiro atoms. The lowest BCUT2D eigenvalue weighted by atomic mass is 9.93. The molecule has 0 bridgehead atoms. The summed E-state index contributed by atoms with van der Waals surface area (Å²) in [5, 5.41) is 5.90. The molecule has 1 saturated heterocycles. The predicted molar refractivity (Wildman–Crippen MR) is 96.5 cm³/mol. The van der Waals surface area contributed by atoms with E-state index in [2.05, 4.69) is 29.5 Å². The number of aromatic nitrogens is 2. The number of ether oxygens (including phenoxy) is 1. The SMILES string of the molecule is CC(C)C1OCCC1CNC(=O)NCc1cccc(-n2ccnc2)c1. The van der Waals surface area contributed by atoms with Crippen LogP contribution in [0.25, 0.3) is 5.69 Å². The van der Waals surface area contributed by atoms with Crippen LogP contribution in [0, 0.1) is 11.8 Å². The minimum Gasteiger partial charge on any atom is -0.378 e. The number of benzene rings is 1. The molecule has 6 nitrogen and oxygen atoms in total. The second-order valence-corrected chi connectivity index (χ2v) is 6.83. The highest BCUT2D eigenvalue weighted by Gasteiger charge is 2.30. The summed E-state index contributed by atoms with van der Waals surface area (Å²) in [5.41, 5.74) is 2.07. The van der Waals surface area contributed by atoms with E-state index in [1.807, 2.05) is 35.0 Å². The van der Waals surface area contributed by atoms with Gasteiger partial charge in [-0.05, 0) is 30.0 Å². The minimum atomic E-state index is -0.137. The number of hydrogen-bond donors (Lipinski definition) is 2. The van der Waals surface area contributed by atoms with Crippen LogP contribution in [0.2, 0.25) is 0 Å². The number of hydrogen-bond acceptors (Lipinski definition) is 3. The van der Waals surface area contributed by atoms with Gasteiger partial charge in [-0.1, -0.05) is 26.0 Å². The Balaban J connectivity index is 1.47. The van der Waals surface area contributed by atoms with Gasteiger partial charge in [-0.25, -0.2) is 9.78 Å². The highest BCUT2D eigenvalue weighted by Crippen LogP contribution is 2.26. The van der Waals surface area contributed by atoms with Crippen LogP contribution in [0.1, 0.15) is 25.8 Å². The monoisotopic (exact) mass is 342 g/mol. The number of imidazole rings is 1. The summed E-state index contributed by atoms with van der Waals surface area (Å²) >= 11 is 0. The number of carbonyl (C=O) groups is 1. The Kier molecular flexibility index (Phi) is 5.71. The van der Waals surface area contributed by atoms with Crippen LogP contribution in [-0.4, -0.2) is 34.8 Å². The van der Waals surface area contributed by atoms with Gasteiger partial charge < -0.3 is 19.9 Å². The van der Waals surface area contributed by atoms with Crippen LogP contribution >= 0.6 is 0 Å². The van der Waals surface area contributed by atoms with Crippen molar-refractivity contribution in [1.82, 2.24) is 20.2 Å². The Bertz CT molecular complexity index is 684. The first-order chi connectivity index (χ1) is 12.1. The highest BCUT2D eigenvalue weighted by atomic mass is 16.5. The van der Waals surface area contributed by atoms with Crippen molar-refractivity contribution in [3.05, 3.63) is 48.5 Å². The zero-order chi connectivity index (χ0) is 17.6. The average Bonchev–Trinajstić information content (AvgIpc) is 3.29. The van der Waals surface area contributed by atoms with E-state index in [4.69, 9.17) is 4.74 Å². The molecule has 3 rings (SSSR count). The Morgan fingerprint density at radius 3 is 3.04 bits per heavy atom. The van der Waals surface area contributed by atoms with E-state index in [1.165, 1.54) is 0 Å². The molecule has 0 aliphatic carbocycles. The molecule has 2 amide bonds. The first-order valence-corrected chi connectivity index (χ1v) is 8.84. The first kappa shape index (κ1) is 17.5. The summed E-state index contributed by atoms with van der Waals surface area (Å²) in [6.07, 6.45) is 6.65. The molecule has 134 valence electrons. The number of urea groups is 1. The topological polar surface area (TPSA) is 68.2 Å². The van der Waals surface area contributed by atoms with Crippen molar-refractivity contribution in [2.24, 2.45) is 11.8 Å². The molecule has 2 aromatic rings. The van der Waals surface area contributed by atoms with Gasteiger partial charge in [0.1, 0.15) is 0 Å². The second kappa shape index (κ2) is 8.16. The number of carbonyl (C=O) groups excluding carboxylic acids is 1. The van der Waals surface area contributed by atoms with Crippen molar-refractivity contribution in [3.8, 4) is 5.69 Å². The van der Waals surface area contributed by atoms with Crippen LogP contribution in [0.4, 0.5) is 4.79 Å². The third-order valence-electron chi connectivity index (χ3n) is 4.61. The molecule has 0 radical (unpaired) electrons. The third kappa shape index (κ3) is 4.60. The molecular weight excluding hydrogens is 316 g/mol. The maximum Gasteiger partial charge on any atom is 0.315 e. The lowest BCUT2D eigenvalue weighted by Gasteiger charge is -2.22. The summed E-state index contributed by atoms with van der Waals surface area (Å²) < 4.78 is 7.70. The Hall–Kier alpha value is -2.34. The van der Waals surface area contributed by atoms with E-state index in [0.717, 1.165) is 24.3 Å². The van der Waals surface area contributed by atoms with Crippen molar-refractivity contribution in [1.29, 1.82) is 0 Å². The smallest absolute Gasteiger partial charge is 0.315 e. The summed E-state index contributed by atoms with van der Waals surface area (Å²) in [5.74, 6) is 0.874. The molecule has 1 aromatic carbocycles. The lowest BCUT2D eigenvalue weighted by molar-refractivity contribution is 0.0545. The summed E-state index contributed by atoms with van der Waals surface area (Å²) in [7, 11) is 0. The Morgan fingerprint density at radius 2 is 2.28 bits per heavy atom. The normalized spacial score (nSPS) is 20.0. The maximum absolute atomic E-state index is 12.1. The van der Waals surface area contributed by atoms with Crippen molar-refractivity contribution < 1.29 is 9.53 Å². The number of amides is 2. The van der Waals surface area contributed by atoms with Gasteiger partial charge in [-0.15, -0.1) is 0 Å². The third-order valence-corrected chi connectivity index (χ3v) is 4.61. The fraction of sp³-hybridized carbons (Fsp3) is 0.474. The van der Waals surface area contributed by atoms with E-state index in [0.29, 0.717) is 24.9 Å². The maximum atomic E-state index is 12.1. The average molecular weight is 342 g/mol. The molecule has 2 heterocycles.